The lowest BCUT2D eigenvalue weighted by Gasteiger charge is -1.98. The molecule has 3 aromatic rings. The molecule has 16 heavy (non-hydrogen) atoms. The molecule has 2 aromatic carbocycles. The number of phenols is 2. The van der Waals surface area contributed by atoms with Gasteiger partial charge in [-0.25, -0.2) is 0 Å². The Morgan fingerprint density at radius 1 is 0.938 bits per heavy atom. The van der Waals surface area contributed by atoms with Crippen LogP contribution in [0, 0.1) is 6.92 Å². The van der Waals surface area contributed by atoms with Crippen molar-refractivity contribution in [3.63, 3.8) is 0 Å². The van der Waals surface area contributed by atoms with Crippen LogP contribution in [0.2, 0.25) is 0 Å². The molecule has 1 aromatic heterocycles. The summed E-state index contributed by atoms with van der Waals surface area (Å²) < 4.78 is 0. The molecule has 0 aliphatic rings. The third-order valence-electron chi connectivity index (χ3n) is 2.90. The standard InChI is InChI=1S/C13H11NO2/c1-7-4-10-9-3-2-8(15)5-11(9)14-12(10)6-13(7)16/h2-6,14-16H,1H3. The molecule has 3 nitrogen and oxygen atoms in total. The summed E-state index contributed by atoms with van der Waals surface area (Å²) in [6, 6.07) is 8.88. The van der Waals surface area contributed by atoms with Crippen LogP contribution in [0.15, 0.2) is 30.3 Å². The number of aromatic hydroxyl groups is 2. The molecular weight excluding hydrogens is 202 g/mol. The zero-order valence-electron chi connectivity index (χ0n) is 8.78. The van der Waals surface area contributed by atoms with E-state index in [0.29, 0.717) is 0 Å². The first-order valence-corrected chi connectivity index (χ1v) is 5.09. The number of fused-ring (bicyclic) bond motifs is 3. The summed E-state index contributed by atoms with van der Waals surface area (Å²) in [6.45, 7) is 1.87. The zero-order valence-corrected chi connectivity index (χ0v) is 8.78. The third-order valence-corrected chi connectivity index (χ3v) is 2.90. The van der Waals surface area contributed by atoms with Gasteiger partial charge in [0.05, 0.1) is 11.0 Å². The highest BCUT2D eigenvalue weighted by Gasteiger charge is 2.07. The van der Waals surface area contributed by atoms with Crippen molar-refractivity contribution < 1.29 is 10.2 Å². The van der Waals surface area contributed by atoms with Crippen molar-refractivity contribution in [3.8, 4) is 11.5 Å². The summed E-state index contributed by atoms with van der Waals surface area (Å²) in [5.41, 5.74) is 2.60. The van der Waals surface area contributed by atoms with Gasteiger partial charge in [-0.1, -0.05) is 0 Å². The number of nitrogens with one attached hydrogen (secondary N) is 1. The second-order valence-corrected chi connectivity index (χ2v) is 4.04. The van der Waals surface area contributed by atoms with Gasteiger partial charge in [0, 0.05) is 22.9 Å². The van der Waals surface area contributed by atoms with Crippen LogP contribution in [0.1, 0.15) is 5.56 Å². The van der Waals surface area contributed by atoms with Crippen LogP contribution in [0.5, 0.6) is 11.5 Å². The molecule has 0 spiro atoms. The predicted molar refractivity (Wildman–Crippen MR) is 63.9 cm³/mol. The highest BCUT2D eigenvalue weighted by atomic mass is 16.3. The Morgan fingerprint density at radius 3 is 2.50 bits per heavy atom. The van der Waals surface area contributed by atoms with E-state index in [1.807, 2.05) is 19.1 Å². The van der Waals surface area contributed by atoms with Gasteiger partial charge in [-0.15, -0.1) is 0 Å². The van der Waals surface area contributed by atoms with E-state index >= 15 is 0 Å². The first kappa shape index (κ1) is 9.09. The van der Waals surface area contributed by atoms with E-state index in [2.05, 4.69) is 4.98 Å². The summed E-state index contributed by atoms with van der Waals surface area (Å²) in [5, 5.41) is 21.1. The Bertz CT molecular complexity index is 698. The number of hydrogen-bond donors (Lipinski definition) is 3. The molecule has 0 saturated heterocycles. The van der Waals surface area contributed by atoms with Crippen molar-refractivity contribution in [1.29, 1.82) is 0 Å². The monoisotopic (exact) mass is 213 g/mol. The van der Waals surface area contributed by atoms with Crippen molar-refractivity contribution in [2.75, 3.05) is 0 Å². The first-order chi connectivity index (χ1) is 7.65. The summed E-state index contributed by atoms with van der Waals surface area (Å²) >= 11 is 0. The topological polar surface area (TPSA) is 56.2 Å². The summed E-state index contributed by atoms with van der Waals surface area (Å²) in [4.78, 5) is 3.17. The van der Waals surface area contributed by atoms with Gasteiger partial charge in [0.15, 0.2) is 0 Å². The molecule has 0 atom stereocenters. The maximum absolute atomic E-state index is 9.63. The average Bonchev–Trinajstić information content (AvgIpc) is 2.55. The minimum absolute atomic E-state index is 0.236. The molecule has 0 aliphatic heterocycles. The number of aromatic amines is 1. The Morgan fingerprint density at radius 2 is 1.69 bits per heavy atom. The minimum Gasteiger partial charge on any atom is -0.508 e. The van der Waals surface area contributed by atoms with Gasteiger partial charge in [-0.2, -0.15) is 0 Å². The lowest BCUT2D eigenvalue weighted by molar-refractivity contribution is 0.472. The molecule has 1 heterocycles. The SMILES string of the molecule is Cc1cc2c(cc1O)[nH]c1cc(O)ccc12. The number of benzene rings is 2. The minimum atomic E-state index is 0.236. The summed E-state index contributed by atoms with van der Waals surface area (Å²) in [6.07, 6.45) is 0. The van der Waals surface area contributed by atoms with Crippen LogP contribution in [0.25, 0.3) is 21.8 Å². The first-order valence-electron chi connectivity index (χ1n) is 5.09. The Labute approximate surface area is 92.0 Å². The van der Waals surface area contributed by atoms with E-state index < -0.39 is 0 Å². The van der Waals surface area contributed by atoms with Crippen LogP contribution in [0.3, 0.4) is 0 Å². The highest BCUT2D eigenvalue weighted by molar-refractivity contribution is 6.08. The fourth-order valence-electron chi connectivity index (χ4n) is 2.04. The number of rotatable bonds is 0. The maximum Gasteiger partial charge on any atom is 0.120 e. The molecule has 80 valence electrons. The van der Waals surface area contributed by atoms with Crippen LogP contribution in [-0.2, 0) is 0 Å². The number of aromatic nitrogens is 1. The summed E-state index contributed by atoms with van der Waals surface area (Å²) in [7, 11) is 0. The van der Waals surface area contributed by atoms with E-state index in [-0.39, 0.29) is 11.5 Å². The summed E-state index contributed by atoms with van der Waals surface area (Å²) in [5.74, 6) is 0.517. The van der Waals surface area contributed by atoms with Crippen molar-refractivity contribution >= 4 is 21.8 Å². The Balaban J connectivity index is 2.51. The molecule has 0 saturated carbocycles. The van der Waals surface area contributed by atoms with Crippen LogP contribution < -0.4 is 0 Å². The lowest BCUT2D eigenvalue weighted by Crippen LogP contribution is -1.74. The lowest BCUT2D eigenvalue weighted by atomic mass is 10.1. The second kappa shape index (κ2) is 2.92. The van der Waals surface area contributed by atoms with Crippen molar-refractivity contribution in [2.24, 2.45) is 0 Å². The smallest absolute Gasteiger partial charge is 0.120 e. The van der Waals surface area contributed by atoms with Gasteiger partial charge in [0.25, 0.3) is 0 Å². The van der Waals surface area contributed by atoms with E-state index in [0.717, 1.165) is 27.4 Å². The number of hydrogen-bond acceptors (Lipinski definition) is 2. The Kier molecular flexibility index (Phi) is 1.66. The quantitative estimate of drug-likeness (QED) is 0.537. The van der Waals surface area contributed by atoms with Gasteiger partial charge < -0.3 is 15.2 Å². The highest BCUT2D eigenvalue weighted by Crippen LogP contribution is 2.31. The van der Waals surface area contributed by atoms with E-state index in [9.17, 15) is 10.2 Å². The third kappa shape index (κ3) is 1.15. The molecular formula is C13H11NO2. The fourth-order valence-corrected chi connectivity index (χ4v) is 2.04. The van der Waals surface area contributed by atoms with Crippen LogP contribution in [-0.4, -0.2) is 15.2 Å². The van der Waals surface area contributed by atoms with E-state index in [1.54, 1.807) is 18.2 Å². The molecule has 0 amide bonds. The molecule has 0 radical (unpaired) electrons. The van der Waals surface area contributed by atoms with E-state index in [1.165, 1.54) is 0 Å². The zero-order chi connectivity index (χ0) is 11.3. The number of H-pyrrole nitrogens is 1. The second-order valence-electron chi connectivity index (χ2n) is 4.04. The van der Waals surface area contributed by atoms with Gasteiger partial charge in [-0.05, 0) is 30.7 Å². The number of aryl methyl sites for hydroxylation is 1. The van der Waals surface area contributed by atoms with Crippen LogP contribution >= 0.6 is 0 Å². The number of phenolic OH excluding ortho intramolecular Hbond substituents is 2. The van der Waals surface area contributed by atoms with Crippen molar-refractivity contribution in [2.45, 2.75) is 6.92 Å². The van der Waals surface area contributed by atoms with Gasteiger partial charge in [-0.3, -0.25) is 0 Å². The molecule has 0 unspecified atom stereocenters. The predicted octanol–water partition coefficient (Wildman–Crippen LogP) is 3.04. The largest absolute Gasteiger partial charge is 0.508 e. The van der Waals surface area contributed by atoms with Crippen molar-refractivity contribution in [1.82, 2.24) is 4.98 Å². The normalized spacial score (nSPS) is 11.3. The fraction of sp³-hybridized carbons (Fsp3) is 0.0769. The van der Waals surface area contributed by atoms with Crippen LogP contribution in [0.4, 0.5) is 0 Å². The average molecular weight is 213 g/mol. The molecule has 0 bridgehead atoms. The maximum atomic E-state index is 9.63. The van der Waals surface area contributed by atoms with Gasteiger partial charge in [0.1, 0.15) is 11.5 Å². The van der Waals surface area contributed by atoms with Gasteiger partial charge >= 0.3 is 0 Å². The molecule has 3 rings (SSSR count). The van der Waals surface area contributed by atoms with Gasteiger partial charge in [0.2, 0.25) is 0 Å². The molecule has 0 aliphatic carbocycles. The molecule has 0 fully saturated rings. The van der Waals surface area contributed by atoms with Crippen molar-refractivity contribution in [3.05, 3.63) is 35.9 Å². The molecule has 3 N–H and O–H groups in total. The molecule has 3 heteroatoms. The Hall–Kier alpha value is -2.16. The van der Waals surface area contributed by atoms with E-state index in [4.69, 9.17) is 0 Å².